The summed E-state index contributed by atoms with van der Waals surface area (Å²) < 4.78 is 2.21. The molecule has 0 unspecified atom stereocenters. The largest absolute Gasteiger partial charge is 0.308 e. The molecule has 19 heavy (non-hydrogen) atoms. The summed E-state index contributed by atoms with van der Waals surface area (Å²) in [4.78, 5) is 0. The Hall–Kier alpha value is -1.16. The molecule has 0 fully saturated rings. The highest BCUT2D eigenvalue weighted by atomic mass is 79.9. The number of aromatic nitrogens is 3. The average Bonchev–Trinajstić information content (AvgIpc) is 3.03. The van der Waals surface area contributed by atoms with E-state index in [-0.39, 0.29) is 0 Å². The molecule has 0 spiro atoms. The first-order chi connectivity index (χ1) is 9.20. The van der Waals surface area contributed by atoms with Crippen molar-refractivity contribution in [3.63, 3.8) is 0 Å². The molecule has 1 aliphatic carbocycles. The molecule has 3 nitrogen and oxygen atoms in total. The van der Waals surface area contributed by atoms with Gasteiger partial charge in [0.05, 0.1) is 5.33 Å². The lowest BCUT2D eigenvalue weighted by atomic mass is 10.1. The van der Waals surface area contributed by atoms with Gasteiger partial charge in [0.25, 0.3) is 0 Å². The van der Waals surface area contributed by atoms with Crippen LogP contribution in [0.2, 0.25) is 0 Å². The highest BCUT2D eigenvalue weighted by Crippen LogP contribution is 2.29. The number of benzene rings is 1. The minimum Gasteiger partial charge on any atom is -0.308 e. The van der Waals surface area contributed by atoms with Crippen molar-refractivity contribution in [1.82, 2.24) is 14.8 Å². The molecule has 0 aliphatic heterocycles. The van der Waals surface area contributed by atoms with Gasteiger partial charge in [-0.1, -0.05) is 28.1 Å². The van der Waals surface area contributed by atoms with Crippen molar-refractivity contribution in [3.8, 4) is 11.4 Å². The zero-order valence-corrected chi connectivity index (χ0v) is 12.9. The minimum absolute atomic E-state index is 0.366. The van der Waals surface area contributed by atoms with Crippen molar-refractivity contribution < 1.29 is 0 Å². The number of hydrogen-bond acceptors (Lipinski definition) is 2. The Morgan fingerprint density at radius 3 is 2.74 bits per heavy atom. The lowest BCUT2D eigenvalue weighted by Crippen LogP contribution is -2.07. The zero-order valence-electron chi connectivity index (χ0n) is 11.4. The molecular weight excluding hydrogens is 302 g/mol. The van der Waals surface area contributed by atoms with Crippen LogP contribution in [0.5, 0.6) is 0 Å². The molecule has 100 valence electrons. The standard InChI is InChI=1S/C15H18BrN3/c1-10(2)19-14(9-16)17-18-15(19)13-7-6-11-4-3-5-12(11)8-13/h6-8,10H,3-5,9H2,1-2H3. The van der Waals surface area contributed by atoms with E-state index in [0.717, 1.165) is 17.0 Å². The zero-order chi connectivity index (χ0) is 13.4. The summed E-state index contributed by atoms with van der Waals surface area (Å²) in [5, 5.41) is 9.42. The fourth-order valence-corrected chi connectivity index (χ4v) is 3.25. The van der Waals surface area contributed by atoms with Crippen LogP contribution in [0.3, 0.4) is 0 Å². The highest BCUT2D eigenvalue weighted by Gasteiger charge is 2.18. The Bertz CT molecular complexity index is 601. The predicted octanol–water partition coefficient (Wildman–Crippen LogP) is 3.91. The smallest absolute Gasteiger partial charge is 0.164 e. The van der Waals surface area contributed by atoms with Gasteiger partial charge in [-0.25, -0.2) is 0 Å². The molecular formula is C15H18BrN3. The number of alkyl halides is 1. The number of hydrogen-bond donors (Lipinski definition) is 0. The van der Waals surface area contributed by atoms with Gasteiger partial charge in [0.2, 0.25) is 0 Å². The van der Waals surface area contributed by atoms with Gasteiger partial charge in [-0.3, -0.25) is 0 Å². The molecule has 3 rings (SSSR count). The third-order valence-electron chi connectivity index (χ3n) is 3.76. The summed E-state index contributed by atoms with van der Waals surface area (Å²) in [6.07, 6.45) is 3.70. The summed E-state index contributed by atoms with van der Waals surface area (Å²) in [5.41, 5.74) is 4.17. The van der Waals surface area contributed by atoms with Gasteiger partial charge >= 0.3 is 0 Å². The molecule has 0 saturated carbocycles. The Labute approximate surface area is 122 Å². The van der Waals surface area contributed by atoms with Crippen molar-refractivity contribution in [1.29, 1.82) is 0 Å². The normalized spacial score (nSPS) is 14.1. The van der Waals surface area contributed by atoms with Gasteiger partial charge in [-0.2, -0.15) is 0 Å². The maximum atomic E-state index is 4.39. The topological polar surface area (TPSA) is 30.7 Å². The number of nitrogens with zero attached hydrogens (tertiary/aromatic N) is 3. The maximum absolute atomic E-state index is 4.39. The SMILES string of the molecule is CC(C)n1c(CBr)nnc1-c1ccc2c(c1)CCC2. The maximum Gasteiger partial charge on any atom is 0.164 e. The van der Waals surface area contributed by atoms with Crippen molar-refractivity contribution in [2.75, 3.05) is 0 Å². The minimum atomic E-state index is 0.366. The molecule has 0 N–H and O–H groups in total. The lowest BCUT2D eigenvalue weighted by Gasteiger charge is -2.13. The van der Waals surface area contributed by atoms with Gasteiger partial charge in [-0.15, -0.1) is 10.2 Å². The van der Waals surface area contributed by atoms with E-state index in [2.05, 4.69) is 62.7 Å². The second-order valence-electron chi connectivity index (χ2n) is 5.37. The summed E-state index contributed by atoms with van der Waals surface area (Å²) in [5.74, 6) is 1.98. The Balaban J connectivity index is 2.09. The van der Waals surface area contributed by atoms with E-state index in [1.807, 2.05) is 0 Å². The number of aryl methyl sites for hydroxylation is 2. The van der Waals surface area contributed by atoms with Crippen LogP contribution < -0.4 is 0 Å². The van der Waals surface area contributed by atoms with Gasteiger partial charge < -0.3 is 4.57 Å². The molecule has 4 heteroatoms. The second-order valence-corrected chi connectivity index (χ2v) is 5.93. The molecule has 0 radical (unpaired) electrons. The van der Waals surface area contributed by atoms with E-state index in [1.165, 1.54) is 36.0 Å². The first-order valence-corrected chi connectivity index (χ1v) is 7.94. The predicted molar refractivity (Wildman–Crippen MR) is 80.5 cm³/mol. The van der Waals surface area contributed by atoms with Gasteiger partial charge in [0.1, 0.15) is 5.82 Å². The molecule has 1 aromatic heterocycles. The highest BCUT2D eigenvalue weighted by molar-refractivity contribution is 9.08. The van der Waals surface area contributed by atoms with Crippen LogP contribution in [-0.4, -0.2) is 14.8 Å². The van der Waals surface area contributed by atoms with E-state index in [0.29, 0.717) is 6.04 Å². The molecule has 0 atom stereocenters. The molecule has 2 aromatic rings. The molecule has 1 aliphatic rings. The monoisotopic (exact) mass is 319 g/mol. The third-order valence-corrected chi connectivity index (χ3v) is 4.26. The first-order valence-electron chi connectivity index (χ1n) is 6.82. The summed E-state index contributed by atoms with van der Waals surface area (Å²) in [6.45, 7) is 4.35. The quantitative estimate of drug-likeness (QED) is 0.803. The lowest BCUT2D eigenvalue weighted by molar-refractivity contribution is 0.586. The second kappa shape index (κ2) is 5.08. The fraction of sp³-hybridized carbons (Fsp3) is 0.467. The van der Waals surface area contributed by atoms with Gasteiger partial charge in [0.15, 0.2) is 5.82 Å². The van der Waals surface area contributed by atoms with Crippen molar-refractivity contribution in [2.24, 2.45) is 0 Å². The Morgan fingerprint density at radius 1 is 1.21 bits per heavy atom. The molecule has 0 saturated heterocycles. The number of rotatable bonds is 3. The van der Waals surface area contributed by atoms with Crippen LogP contribution in [0.25, 0.3) is 11.4 Å². The van der Waals surface area contributed by atoms with Crippen molar-refractivity contribution in [3.05, 3.63) is 35.2 Å². The van der Waals surface area contributed by atoms with E-state index in [9.17, 15) is 0 Å². The van der Waals surface area contributed by atoms with Crippen LogP contribution in [0.4, 0.5) is 0 Å². The Morgan fingerprint density at radius 2 is 2.00 bits per heavy atom. The fourth-order valence-electron chi connectivity index (χ4n) is 2.87. The summed E-state index contributed by atoms with van der Waals surface area (Å²) >= 11 is 3.49. The van der Waals surface area contributed by atoms with Crippen LogP contribution in [0.15, 0.2) is 18.2 Å². The van der Waals surface area contributed by atoms with Crippen LogP contribution >= 0.6 is 15.9 Å². The Kier molecular flexibility index (Phi) is 3.44. The van der Waals surface area contributed by atoms with Gasteiger partial charge in [-0.05, 0) is 50.3 Å². The first kappa shape index (κ1) is 12.9. The van der Waals surface area contributed by atoms with Crippen molar-refractivity contribution in [2.45, 2.75) is 44.5 Å². The van der Waals surface area contributed by atoms with E-state index < -0.39 is 0 Å². The van der Waals surface area contributed by atoms with E-state index in [1.54, 1.807) is 0 Å². The number of halogens is 1. The van der Waals surface area contributed by atoms with Gasteiger partial charge in [0, 0.05) is 11.6 Å². The van der Waals surface area contributed by atoms with Crippen LogP contribution in [-0.2, 0) is 18.2 Å². The molecule has 0 bridgehead atoms. The summed E-state index contributed by atoms with van der Waals surface area (Å²) in [6, 6.07) is 7.10. The van der Waals surface area contributed by atoms with E-state index in [4.69, 9.17) is 0 Å². The molecule has 1 heterocycles. The number of fused-ring (bicyclic) bond motifs is 1. The van der Waals surface area contributed by atoms with E-state index >= 15 is 0 Å². The average molecular weight is 320 g/mol. The van der Waals surface area contributed by atoms with Crippen LogP contribution in [0.1, 0.15) is 43.3 Å². The van der Waals surface area contributed by atoms with Crippen molar-refractivity contribution >= 4 is 15.9 Å². The third kappa shape index (κ3) is 2.22. The summed E-state index contributed by atoms with van der Waals surface area (Å²) in [7, 11) is 0. The molecule has 0 amide bonds. The molecule has 1 aromatic carbocycles. The van der Waals surface area contributed by atoms with Crippen LogP contribution in [0, 0.1) is 0 Å².